The Morgan fingerprint density at radius 2 is 1.77 bits per heavy atom. The van der Waals surface area contributed by atoms with E-state index in [1.807, 2.05) is 6.07 Å². The number of nitrogens with one attached hydrogen (secondary N) is 1. The molecule has 1 fully saturated rings. The lowest BCUT2D eigenvalue weighted by atomic mass is 9.82. The third kappa shape index (κ3) is 2.63. The van der Waals surface area contributed by atoms with Crippen molar-refractivity contribution in [3.8, 4) is 5.69 Å². The molecule has 0 aliphatic carbocycles. The zero-order chi connectivity index (χ0) is 17.6. The van der Waals surface area contributed by atoms with E-state index in [0.29, 0.717) is 0 Å². The molecule has 1 N–H and O–H groups in total. The average Bonchev–Trinajstić information content (AvgIpc) is 3.15. The number of hydrogen-bond donors (Lipinski definition) is 1. The minimum Gasteiger partial charge on any atom is -0.372 e. The van der Waals surface area contributed by atoms with E-state index in [-0.39, 0.29) is 5.54 Å². The molecule has 0 saturated carbocycles. The molecule has 0 amide bonds. The lowest BCUT2D eigenvalue weighted by Gasteiger charge is -2.46. The third-order valence-electron chi connectivity index (χ3n) is 5.79. The zero-order valence-corrected chi connectivity index (χ0v) is 15.4. The fourth-order valence-corrected chi connectivity index (χ4v) is 4.61. The molecule has 132 valence electrons. The second kappa shape index (κ2) is 6.19. The number of likely N-dealkylation sites (tertiary alicyclic amines) is 1. The van der Waals surface area contributed by atoms with Crippen LogP contribution in [0.4, 0.5) is 5.69 Å². The van der Waals surface area contributed by atoms with Gasteiger partial charge in [0, 0.05) is 36.5 Å². The van der Waals surface area contributed by atoms with Gasteiger partial charge in [-0.3, -0.25) is 4.90 Å². The van der Waals surface area contributed by atoms with Crippen molar-refractivity contribution in [2.45, 2.75) is 24.9 Å². The van der Waals surface area contributed by atoms with E-state index < -0.39 is 0 Å². The minimum absolute atomic E-state index is 0.00559. The molecule has 2 aliphatic heterocycles. The summed E-state index contributed by atoms with van der Waals surface area (Å²) in [5, 5.41) is 4.63. The summed E-state index contributed by atoms with van der Waals surface area (Å²) < 4.78 is 2.33. The quantitative estimate of drug-likeness (QED) is 0.687. The molecule has 26 heavy (non-hydrogen) atoms. The Morgan fingerprint density at radius 1 is 0.962 bits per heavy atom. The summed E-state index contributed by atoms with van der Waals surface area (Å²) in [6, 6.07) is 21.3. The molecule has 3 aromatic rings. The molecule has 4 heteroatoms. The fourth-order valence-electron chi connectivity index (χ4n) is 4.44. The van der Waals surface area contributed by atoms with E-state index >= 15 is 0 Å². The van der Waals surface area contributed by atoms with Gasteiger partial charge < -0.3 is 9.88 Å². The van der Waals surface area contributed by atoms with Crippen molar-refractivity contribution in [3.05, 3.63) is 83.1 Å². The van der Waals surface area contributed by atoms with Crippen molar-refractivity contribution in [2.75, 3.05) is 18.4 Å². The first-order valence-electron chi connectivity index (χ1n) is 9.26. The van der Waals surface area contributed by atoms with Crippen LogP contribution >= 0.6 is 11.6 Å². The van der Waals surface area contributed by atoms with Gasteiger partial charge in [-0.15, -0.1) is 0 Å². The van der Waals surface area contributed by atoms with E-state index in [0.717, 1.165) is 43.2 Å². The average molecular weight is 364 g/mol. The molecule has 0 radical (unpaired) electrons. The van der Waals surface area contributed by atoms with Crippen molar-refractivity contribution >= 4 is 17.3 Å². The zero-order valence-electron chi connectivity index (χ0n) is 14.7. The number of rotatable bonds is 2. The number of aromatic nitrogens is 1. The highest BCUT2D eigenvalue weighted by Gasteiger charge is 2.41. The van der Waals surface area contributed by atoms with Crippen molar-refractivity contribution < 1.29 is 0 Å². The highest BCUT2D eigenvalue weighted by atomic mass is 35.5. The first-order chi connectivity index (χ1) is 12.7. The third-order valence-corrected chi connectivity index (χ3v) is 6.02. The Morgan fingerprint density at radius 3 is 2.58 bits per heavy atom. The van der Waals surface area contributed by atoms with Crippen LogP contribution in [0, 0.1) is 0 Å². The Kier molecular flexibility index (Phi) is 3.80. The Bertz CT molecular complexity index is 924. The van der Waals surface area contributed by atoms with Crippen LogP contribution in [0.25, 0.3) is 5.69 Å². The maximum absolute atomic E-state index is 6.26. The number of fused-ring (bicyclic) bond motifs is 4. The van der Waals surface area contributed by atoms with Crippen LogP contribution in [-0.2, 0) is 12.1 Å². The highest BCUT2D eigenvalue weighted by molar-refractivity contribution is 6.31. The first-order valence-corrected chi connectivity index (χ1v) is 9.64. The topological polar surface area (TPSA) is 20.2 Å². The van der Waals surface area contributed by atoms with E-state index in [9.17, 15) is 0 Å². The molecule has 5 rings (SSSR count). The second-order valence-corrected chi connectivity index (χ2v) is 7.83. The van der Waals surface area contributed by atoms with E-state index in [1.165, 1.54) is 16.9 Å². The summed E-state index contributed by atoms with van der Waals surface area (Å²) in [7, 11) is 0. The highest BCUT2D eigenvalue weighted by Crippen LogP contribution is 2.44. The fraction of sp³-hybridized carbons (Fsp3) is 0.273. The number of hydrogen-bond acceptors (Lipinski definition) is 2. The van der Waals surface area contributed by atoms with Crippen LogP contribution in [0.3, 0.4) is 0 Å². The molecule has 2 aromatic carbocycles. The van der Waals surface area contributed by atoms with Gasteiger partial charge >= 0.3 is 0 Å². The SMILES string of the molecule is Clc1ccc2c(c1)NC1(CCN(Cc3ccccc3)CC1)c1cccn1-2. The minimum atomic E-state index is -0.00559. The van der Waals surface area contributed by atoms with E-state index in [2.05, 4.69) is 75.6 Å². The Labute approximate surface area is 159 Å². The predicted molar refractivity (Wildman–Crippen MR) is 107 cm³/mol. The number of piperidine rings is 1. The van der Waals surface area contributed by atoms with Crippen molar-refractivity contribution in [3.63, 3.8) is 0 Å². The molecule has 3 nitrogen and oxygen atoms in total. The van der Waals surface area contributed by atoms with Gasteiger partial charge in [0.25, 0.3) is 0 Å². The van der Waals surface area contributed by atoms with Gasteiger partial charge in [0.2, 0.25) is 0 Å². The summed E-state index contributed by atoms with van der Waals surface area (Å²) in [6.45, 7) is 3.20. The first kappa shape index (κ1) is 16.0. The molecule has 0 unspecified atom stereocenters. The Balaban J connectivity index is 1.41. The van der Waals surface area contributed by atoms with Crippen LogP contribution < -0.4 is 5.32 Å². The summed E-state index contributed by atoms with van der Waals surface area (Å²) in [5.74, 6) is 0. The normalized spacial score (nSPS) is 18.2. The second-order valence-electron chi connectivity index (χ2n) is 7.39. The van der Waals surface area contributed by atoms with Gasteiger partial charge in [-0.05, 0) is 48.7 Å². The molecule has 0 bridgehead atoms. The van der Waals surface area contributed by atoms with Crippen molar-refractivity contribution in [1.29, 1.82) is 0 Å². The van der Waals surface area contributed by atoms with Gasteiger partial charge in [-0.1, -0.05) is 41.9 Å². The molecule has 1 saturated heterocycles. The van der Waals surface area contributed by atoms with Gasteiger partial charge in [0.15, 0.2) is 0 Å². The van der Waals surface area contributed by atoms with Crippen LogP contribution in [0.2, 0.25) is 5.02 Å². The summed E-state index contributed by atoms with van der Waals surface area (Å²) in [5.41, 5.74) is 5.07. The monoisotopic (exact) mass is 363 g/mol. The number of halogens is 1. The molecule has 1 spiro atoms. The standard InChI is InChI=1S/C22H22ClN3/c23-18-8-9-20-19(15-18)24-22(21-7-4-12-26(20)21)10-13-25(14-11-22)16-17-5-2-1-3-6-17/h1-9,12,15,24H,10-11,13-14,16H2. The summed E-state index contributed by atoms with van der Waals surface area (Å²) in [4.78, 5) is 2.56. The van der Waals surface area contributed by atoms with Gasteiger partial charge in [0.1, 0.15) is 0 Å². The Hall–Kier alpha value is -2.23. The number of nitrogens with zero attached hydrogens (tertiary/aromatic N) is 2. The molecular formula is C22H22ClN3. The van der Waals surface area contributed by atoms with Crippen molar-refractivity contribution in [2.24, 2.45) is 0 Å². The molecule has 0 atom stereocenters. The molecule has 1 aromatic heterocycles. The largest absolute Gasteiger partial charge is 0.372 e. The molecule has 3 heterocycles. The van der Waals surface area contributed by atoms with E-state index in [1.54, 1.807) is 0 Å². The van der Waals surface area contributed by atoms with Gasteiger partial charge in [-0.2, -0.15) is 0 Å². The molecular weight excluding hydrogens is 342 g/mol. The van der Waals surface area contributed by atoms with Crippen LogP contribution in [-0.4, -0.2) is 22.6 Å². The van der Waals surface area contributed by atoms with E-state index in [4.69, 9.17) is 11.6 Å². The number of anilines is 1. The smallest absolute Gasteiger partial charge is 0.0804 e. The van der Waals surface area contributed by atoms with Gasteiger partial charge in [-0.25, -0.2) is 0 Å². The van der Waals surface area contributed by atoms with Crippen molar-refractivity contribution in [1.82, 2.24) is 9.47 Å². The van der Waals surface area contributed by atoms with Crippen LogP contribution in [0.15, 0.2) is 66.9 Å². The maximum Gasteiger partial charge on any atom is 0.0804 e. The van der Waals surface area contributed by atoms with Crippen LogP contribution in [0.1, 0.15) is 24.1 Å². The van der Waals surface area contributed by atoms with Gasteiger partial charge in [0.05, 0.1) is 16.9 Å². The predicted octanol–water partition coefficient (Wildman–Crippen LogP) is 5.05. The van der Waals surface area contributed by atoms with Crippen LogP contribution in [0.5, 0.6) is 0 Å². The summed E-state index contributed by atoms with van der Waals surface area (Å²) >= 11 is 6.26. The maximum atomic E-state index is 6.26. The lowest BCUT2D eigenvalue weighted by Crippen LogP contribution is -2.49. The number of benzene rings is 2. The lowest BCUT2D eigenvalue weighted by molar-refractivity contribution is 0.162. The molecule has 2 aliphatic rings. The summed E-state index contributed by atoms with van der Waals surface area (Å²) in [6.07, 6.45) is 4.35.